The van der Waals surface area contributed by atoms with E-state index in [1.54, 1.807) is 0 Å². The van der Waals surface area contributed by atoms with Gasteiger partial charge in [0.05, 0.1) is 5.56 Å². The highest BCUT2D eigenvalue weighted by atomic mass is 19.1. The van der Waals surface area contributed by atoms with Crippen LogP contribution in [-0.2, 0) is 0 Å². The van der Waals surface area contributed by atoms with E-state index in [1.807, 2.05) is 31.2 Å². The molecular weight excluding hydrogens is 241 g/mol. The zero-order valence-electron chi connectivity index (χ0n) is 10.4. The van der Waals surface area contributed by atoms with E-state index in [9.17, 15) is 9.18 Å². The number of aryl methyl sites for hydroxylation is 1. The maximum atomic E-state index is 12.9. The summed E-state index contributed by atoms with van der Waals surface area (Å²) in [6.45, 7) is 1.87. The monoisotopic (exact) mass is 253 g/mol. The summed E-state index contributed by atoms with van der Waals surface area (Å²) < 4.78 is 12.9. The number of fused-ring (bicyclic) bond motifs is 1. The van der Waals surface area contributed by atoms with Crippen molar-refractivity contribution in [2.24, 2.45) is 0 Å². The number of nitrogens with one attached hydrogen (secondary N) is 1. The van der Waals surface area contributed by atoms with Gasteiger partial charge in [-0.2, -0.15) is 0 Å². The van der Waals surface area contributed by atoms with E-state index in [0.29, 0.717) is 11.1 Å². The second-order valence-electron chi connectivity index (χ2n) is 4.51. The summed E-state index contributed by atoms with van der Waals surface area (Å²) in [5.41, 5.74) is 2.91. The second kappa shape index (κ2) is 4.35. The summed E-state index contributed by atoms with van der Waals surface area (Å²) in [5.74, 6) is -0.429. The quantitative estimate of drug-likeness (QED) is 0.691. The van der Waals surface area contributed by atoms with Crippen molar-refractivity contribution in [1.82, 2.24) is 4.98 Å². The molecule has 3 aromatic rings. The highest BCUT2D eigenvalue weighted by Crippen LogP contribution is 2.24. The molecule has 3 rings (SSSR count). The predicted octanol–water partition coefficient (Wildman–Crippen LogP) is 3.85. The summed E-state index contributed by atoms with van der Waals surface area (Å²) in [6, 6.07) is 13.3. The predicted molar refractivity (Wildman–Crippen MR) is 72.9 cm³/mol. The third-order valence-electron chi connectivity index (χ3n) is 3.23. The molecule has 0 bridgehead atoms. The molecule has 1 N–H and O–H groups in total. The molecule has 0 amide bonds. The fourth-order valence-corrected chi connectivity index (χ4v) is 2.31. The Labute approximate surface area is 109 Å². The normalized spacial score (nSPS) is 10.8. The summed E-state index contributed by atoms with van der Waals surface area (Å²) >= 11 is 0. The Bertz CT molecular complexity index is 756. The molecule has 0 aliphatic rings. The molecule has 0 fully saturated rings. The summed E-state index contributed by atoms with van der Waals surface area (Å²) in [4.78, 5) is 15.7. The zero-order chi connectivity index (χ0) is 13.4. The fraction of sp³-hybridized carbons (Fsp3) is 0.0625. The number of halogens is 1. The molecule has 1 heterocycles. The van der Waals surface area contributed by atoms with E-state index in [1.165, 1.54) is 24.3 Å². The van der Waals surface area contributed by atoms with Crippen molar-refractivity contribution in [2.45, 2.75) is 6.92 Å². The lowest BCUT2D eigenvalue weighted by molar-refractivity contribution is 0.103. The van der Waals surface area contributed by atoms with Crippen LogP contribution < -0.4 is 0 Å². The third kappa shape index (κ3) is 1.93. The molecule has 0 saturated carbocycles. The van der Waals surface area contributed by atoms with Gasteiger partial charge < -0.3 is 4.98 Å². The van der Waals surface area contributed by atoms with Crippen LogP contribution in [0.25, 0.3) is 10.9 Å². The van der Waals surface area contributed by atoms with Crippen molar-refractivity contribution in [3.8, 4) is 0 Å². The average Bonchev–Trinajstić information content (AvgIpc) is 2.74. The molecule has 3 heteroatoms. The zero-order valence-corrected chi connectivity index (χ0v) is 10.4. The lowest BCUT2D eigenvalue weighted by atomic mass is 10.0. The molecule has 0 saturated heterocycles. The highest BCUT2D eigenvalue weighted by Gasteiger charge is 2.17. The highest BCUT2D eigenvalue weighted by molar-refractivity contribution is 6.17. The first kappa shape index (κ1) is 11.7. The van der Waals surface area contributed by atoms with Crippen molar-refractivity contribution in [2.75, 3.05) is 0 Å². The Morgan fingerprint density at radius 3 is 2.47 bits per heavy atom. The standard InChI is InChI=1S/C16H12FNO/c1-10-15(13-4-2-3-5-14(13)18-10)16(19)11-6-8-12(17)9-7-11/h2-9,18H,1H3. The minimum absolute atomic E-state index is 0.0880. The van der Waals surface area contributed by atoms with E-state index in [2.05, 4.69) is 4.98 Å². The number of aromatic amines is 1. The smallest absolute Gasteiger partial charge is 0.195 e. The number of H-pyrrole nitrogens is 1. The van der Waals surface area contributed by atoms with Gasteiger partial charge in [0.2, 0.25) is 0 Å². The van der Waals surface area contributed by atoms with Crippen LogP contribution in [0.15, 0.2) is 48.5 Å². The Morgan fingerprint density at radius 2 is 1.74 bits per heavy atom. The molecule has 0 aliphatic carbocycles. The van der Waals surface area contributed by atoms with Crippen molar-refractivity contribution in [1.29, 1.82) is 0 Å². The van der Waals surface area contributed by atoms with E-state index < -0.39 is 0 Å². The number of aromatic nitrogens is 1. The van der Waals surface area contributed by atoms with E-state index in [0.717, 1.165) is 16.6 Å². The fourth-order valence-electron chi connectivity index (χ4n) is 2.31. The lowest BCUT2D eigenvalue weighted by Gasteiger charge is -2.01. The van der Waals surface area contributed by atoms with Crippen LogP contribution in [0, 0.1) is 12.7 Å². The molecule has 0 aliphatic heterocycles. The minimum Gasteiger partial charge on any atom is -0.358 e. The van der Waals surface area contributed by atoms with Crippen LogP contribution in [0.5, 0.6) is 0 Å². The number of rotatable bonds is 2. The van der Waals surface area contributed by atoms with Crippen LogP contribution >= 0.6 is 0 Å². The largest absolute Gasteiger partial charge is 0.358 e. The topological polar surface area (TPSA) is 32.9 Å². The molecule has 2 aromatic carbocycles. The summed E-state index contributed by atoms with van der Waals surface area (Å²) in [6.07, 6.45) is 0. The van der Waals surface area contributed by atoms with Gasteiger partial charge in [-0.3, -0.25) is 4.79 Å². The number of hydrogen-bond acceptors (Lipinski definition) is 1. The van der Waals surface area contributed by atoms with Gasteiger partial charge in [0.25, 0.3) is 0 Å². The van der Waals surface area contributed by atoms with E-state index in [4.69, 9.17) is 0 Å². The van der Waals surface area contributed by atoms with Crippen LogP contribution in [-0.4, -0.2) is 10.8 Å². The van der Waals surface area contributed by atoms with E-state index in [-0.39, 0.29) is 11.6 Å². The number of benzene rings is 2. The molecule has 1 aromatic heterocycles. The van der Waals surface area contributed by atoms with E-state index >= 15 is 0 Å². The Kier molecular flexibility index (Phi) is 2.67. The summed E-state index contributed by atoms with van der Waals surface area (Å²) in [5, 5.41) is 0.898. The Hall–Kier alpha value is -2.42. The molecule has 0 unspecified atom stereocenters. The van der Waals surface area contributed by atoms with Gasteiger partial charge in [-0.25, -0.2) is 4.39 Å². The number of hydrogen-bond donors (Lipinski definition) is 1. The van der Waals surface area contributed by atoms with Gasteiger partial charge in [-0.15, -0.1) is 0 Å². The van der Waals surface area contributed by atoms with Gasteiger partial charge in [0.1, 0.15) is 5.82 Å². The van der Waals surface area contributed by atoms with Gasteiger partial charge in [-0.1, -0.05) is 18.2 Å². The van der Waals surface area contributed by atoms with Gasteiger partial charge in [0, 0.05) is 22.2 Å². The van der Waals surface area contributed by atoms with Crippen molar-refractivity contribution in [3.05, 3.63) is 71.2 Å². The molecular formula is C16H12FNO. The first-order valence-electron chi connectivity index (χ1n) is 6.04. The second-order valence-corrected chi connectivity index (χ2v) is 4.51. The number of carbonyl (C=O) groups excluding carboxylic acids is 1. The molecule has 94 valence electrons. The molecule has 2 nitrogen and oxygen atoms in total. The van der Waals surface area contributed by atoms with Crippen LogP contribution in [0.4, 0.5) is 4.39 Å². The van der Waals surface area contributed by atoms with Crippen LogP contribution in [0.2, 0.25) is 0 Å². The Balaban J connectivity index is 2.16. The first-order valence-corrected chi connectivity index (χ1v) is 6.04. The SMILES string of the molecule is Cc1[nH]c2ccccc2c1C(=O)c1ccc(F)cc1. The van der Waals surface area contributed by atoms with Crippen molar-refractivity contribution < 1.29 is 9.18 Å². The number of carbonyl (C=O) groups is 1. The van der Waals surface area contributed by atoms with Gasteiger partial charge in [-0.05, 0) is 37.3 Å². The maximum absolute atomic E-state index is 12.9. The van der Waals surface area contributed by atoms with Crippen molar-refractivity contribution >= 4 is 16.7 Å². The first-order chi connectivity index (χ1) is 9.16. The molecule has 0 spiro atoms. The third-order valence-corrected chi connectivity index (χ3v) is 3.23. The van der Waals surface area contributed by atoms with Crippen molar-refractivity contribution in [3.63, 3.8) is 0 Å². The number of para-hydroxylation sites is 1. The molecule has 19 heavy (non-hydrogen) atoms. The molecule has 0 atom stereocenters. The average molecular weight is 253 g/mol. The van der Waals surface area contributed by atoms with Gasteiger partial charge in [0.15, 0.2) is 5.78 Å². The van der Waals surface area contributed by atoms with Gasteiger partial charge >= 0.3 is 0 Å². The van der Waals surface area contributed by atoms with Crippen LogP contribution in [0.3, 0.4) is 0 Å². The number of ketones is 1. The maximum Gasteiger partial charge on any atom is 0.195 e. The van der Waals surface area contributed by atoms with Crippen LogP contribution in [0.1, 0.15) is 21.6 Å². The Morgan fingerprint density at radius 1 is 1.05 bits per heavy atom. The summed E-state index contributed by atoms with van der Waals surface area (Å²) in [7, 11) is 0. The lowest BCUT2D eigenvalue weighted by Crippen LogP contribution is -2.02. The minimum atomic E-state index is -0.341. The molecule has 0 radical (unpaired) electrons.